The number of aryl methyl sites for hydroxylation is 1. The Labute approximate surface area is 166 Å². The smallest absolute Gasteiger partial charge is 0.315 e. The molecule has 0 saturated carbocycles. The van der Waals surface area contributed by atoms with Gasteiger partial charge in [0.2, 0.25) is 0 Å². The molecule has 3 rings (SSSR count). The molecule has 0 amide bonds. The van der Waals surface area contributed by atoms with E-state index in [-0.39, 0.29) is 22.3 Å². The van der Waals surface area contributed by atoms with E-state index in [9.17, 15) is 13.2 Å². The number of sulfonamides is 1. The Balaban J connectivity index is 1.74. The van der Waals surface area contributed by atoms with Crippen LogP contribution in [0.25, 0.3) is 0 Å². The number of ether oxygens (including phenoxy) is 1. The molecule has 0 radical (unpaired) electrons. The zero-order valence-corrected chi connectivity index (χ0v) is 17.1. The number of piperidine rings is 1. The lowest BCUT2D eigenvalue weighted by Crippen LogP contribution is -2.43. The van der Waals surface area contributed by atoms with E-state index in [4.69, 9.17) is 27.9 Å². The first kappa shape index (κ1) is 19.6. The van der Waals surface area contributed by atoms with Crippen LogP contribution in [0.4, 0.5) is 0 Å². The molecule has 2 heterocycles. The number of hydrogen-bond donors (Lipinski definition) is 0. The van der Waals surface area contributed by atoms with Crippen LogP contribution in [0.3, 0.4) is 0 Å². The molecule has 0 bridgehead atoms. The first-order valence-corrected chi connectivity index (χ1v) is 11.0. The molecule has 0 aliphatic carbocycles. The van der Waals surface area contributed by atoms with Gasteiger partial charge in [0.05, 0.1) is 10.9 Å². The van der Waals surface area contributed by atoms with Crippen LogP contribution in [-0.2, 0) is 14.8 Å². The van der Waals surface area contributed by atoms with Crippen LogP contribution >= 0.6 is 34.5 Å². The van der Waals surface area contributed by atoms with Crippen LogP contribution in [-0.4, -0.2) is 31.8 Å². The summed E-state index contributed by atoms with van der Waals surface area (Å²) in [7, 11) is -3.60. The summed E-state index contributed by atoms with van der Waals surface area (Å²) >= 11 is 13.2. The Morgan fingerprint density at radius 3 is 2.73 bits per heavy atom. The van der Waals surface area contributed by atoms with Crippen molar-refractivity contribution < 1.29 is 17.9 Å². The van der Waals surface area contributed by atoms with Gasteiger partial charge in [-0.15, -0.1) is 11.3 Å². The fourth-order valence-electron chi connectivity index (χ4n) is 2.79. The minimum absolute atomic E-state index is 0.0936. The molecule has 1 aliphatic rings. The van der Waals surface area contributed by atoms with Crippen LogP contribution in [0.15, 0.2) is 34.5 Å². The summed E-state index contributed by atoms with van der Waals surface area (Å²) in [5.41, 5.74) is 0. The van der Waals surface area contributed by atoms with E-state index in [2.05, 4.69) is 0 Å². The van der Waals surface area contributed by atoms with Gasteiger partial charge in [-0.2, -0.15) is 4.31 Å². The van der Waals surface area contributed by atoms with Gasteiger partial charge in [-0.3, -0.25) is 4.79 Å². The van der Waals surface area contributed by atoms with Crippen molar-refractivity contribution in [3.63, 3.8) is 0 Å². The topological polar surface area (TPSA) is 63.7 Å². The molecule has 140 valence electrons. The number of esters is 1. The molecule has 1 saturated heterocycles. The highest BCUT2D eigenvalue weighted by Crippen LogP contribution is 2.33. The fourth-order valence-corrected chi connectivity index (χ4v) is 6.08. The summed E-state index contributed by atoms with van der Waals surface area (Å²) < 4.78 is 32.6. The zero-order valence-electron chi connectivity index (χ0n) is 13.9. The van der Waals surface area contributed by atoms with Crippen molar-refractivity contribution in [2.45, 2.75) is 24.0 Å². The van der Waals surface area contributed by atoms with E-state index in [1.165, 1.54) is 15.6 Å². The van der Waals surface area contributed by atoms with Gasteiger partial charge in [-0.25, -0.2) is 8.42 Å². The van der Waals surface area contributed by atoms with Crippen LogP contribution < -0.4 is 4.74 Å². The molecule has 1 aromatic heterocycles. The summed E-state index contributed by atoms with van der Waals surface area (Å²) in [4.78, 5) is 13.4. The molecule has 2 aromatic rings. The number of rotatable bonds is 4. The van der Waals surface area contributed by atoms with Crippen molar-refractivity contribution in [3.05, 3.63) is 45.3 Å². The van der Waals surface area contributed by atoms with Crippen LogP contribution in [0, 0.1) is 12.8 Å². The molecule has 0 N–H and O–H groups in total. The van der Waals surface area contributed by atoms with Gasteiger partial charge in [-0.1, -0.05) is 29.3 Å². The number of halogens is 2. The highest BCUT2D eigenvalue weighted by atomic mass is 35.5. The molecular weight excluding hydrogens is 417 g/mol. The molecule has 1 aromatic carbocycles. The summed E-state index contributed by atoms with van der Waals surface area (Å²) in [5.74, 6) is -0.871. The molecule has 1 fully saturated rings. The summed E-state index contributed by atoms with van der Waals surface area (Å²) in [6, 6.07) is 8.15. The first-order chi connectivity index (χ1) is 12.3. The average molecular weight is 434 g/mol. The second-order valence-corrected chi connectivity index (χ2v) is 10.3. The predicted molar refractivity (Wildman–Crippen MR) is 103 cm³/mol. The molecule has 1 atom stereocenters. The summed E-state index contributed by atoms with van der Waals surface area (Å²) in [5, 5.41) is 0.453. The maximum absolute atomic E-state index is 12.8. The Bertz CT molecular complexity index is 927. The molecular formula is C17H17Cl2NO4S2. The standard InChI is InChI=1S/C17H17Cl2NO4S2/c1-11-7-8-15(25-11)26(22,23)20-9-3-4-12(10-20)17(21)24-14-6-2-5-13(18)16(14)19/h2,5-8,12H,3-4,9-10H2,1H3. The van der Waals surface area contributed by atoms with Gasteiger partial charge < -0.3 is 4.74 Å². The van der Waals surface area contributed by atoms with Crippen molar-refractivity contribution in [3.8, 4) is 5.75 Å². The fraction of sp³-hybridized carbons (Fsp3) is 0.353. The minimum atomic E-state index is -3.60. The lowest BCUT2D eigenvalue weighted by molar-refractivity contribution is -0.140. The van der Waals surface area contributed by atoms with Crippen LogP contribution in [0.2, 0.25) is 10.0 Å². The summed E-state index contributed by atoms with van der Waals surface area (Å²) in [6.07, 6.45) is 1.15. The average Bonchev–Trinajstić information content (AvgIpc) is 3.06. The molecule has 26 heavy (non-hydrogen) atoms. The second-order valence-electron chi connectivity index (χ2n) is 6.04. The van der Waals surface area contributed by atoms with Crippen LogP contribution in [0.1, 0.15) is 17.7 Å². The molecule has 9 heteroatoms. The van der Waals surface area contributed by atoms with E-state index in [0.717, 1.165) is 4.88 Å². The Hall–Kier alpha value is -1.12. The maximum atomic E-state index is 12.8. The lowest BCUT2D eigenvalue weighted by atomic mass is 10.00. The highest BCUT2D eigenvalue weighted by Gasteiger charge is 2.35. The Morgan fingerprint density at radius 2 is 2.04 bits per heavy atom. The molecule has 0 spiro atoms. The molecule has 1 aliphatic heterocycles. The number of carbonyl (C=O) groups is 1. The molecule has 1 unspecified atom stereocenters. The van der Waals surface area contributed by atoms with Crippen molar-refractivity contribution in [2.75, 3.05) is 13.1 Å². The van der Waals surface area contributed by atoms with E-state index in [1.54, 1.807) is 30.3 Å². The minimum Gasteiger partial charge on any atom is -0.425 e. The Morgan fingerprint density at radius 1 is 1.27 bits per heavy atom. The lowest BCUT2D eigenvalue weighted by Gasteiger charge is -2.30. The Kier molecular flexibility index (Phi) is 5.94. The highest BCUT2D eigenvalue weighted by molar-refractivity contribution is 7.91. The quantitative estimate of drug-likeness (QED) is 0.530. The normalized spacial score (nSPS) is 18.7. The van der Waals surface area contributed by atoms with Crippen molar-refractivity contribution >= 4 is 50.5 Å². The van der Waals surface area contributed by atoms with Gasteiger partial charge in [0.15, 0.2) is 5.75 Å². The van der Waals surface area contributed by atoms with Crippen LogP contribution in [0.5, 0.6) is 5.75 Å². The third-order valence-electron chi connectivity index (χ3n) is 4.15. The van der Waals surface area contributed by atoms with Crippen molar-refractivity contribution in [2.24, 2.45) is 5.92 Å². The number of thiophene rings is 1. The number of nitrogens with zero attached hydrogens (tertiary/aromatic N) is 1. The number of benzene rings is 1. The van der Waals surface area contributed by atoms with Gasteiger partial charge in [0, 0.05) is 18.0 Å². The van der Waals surface area contributed by atoms with E-state index < -0.39 is 21.9 Å². The van der Waals surface area contributed by atoms with E-state index in [0.29, 0.717) is 23.6 Å². The van der Waals surface area contributed by atoms with Gasteiger partial charge in [0.1, 0.15) is 9.23 Å². The monoisotopic (exact) mass is 433 g/mol. The number of hydrogen-bond acceptors (Lipinski definition) is 5. The SMILES string of the molecule is Cc1ccc(S(=O)(=O)N2CCCC(C(=O)Oc3cccc(Cl)c3Cl)C2)s1. The van der Waals surface area contributed by atoms with Gasteiger partial charge >= 0.3 is 5.97 Å². The van der Waals surface area contributed by atoms with Crippen molar-refractivity contribution in [1.29, 1.82) is 0 Å². The van der Waals surface area contributed by atoms with Gasteiger partial charge in [-0.05, 0) is 44.0 Å². The van der Waals surface area contributed by atoms with E-state index >= 15 is 0 Å². The summed E-state index contributed by atoms with van der Waals surface area (Å²) in [6.45, 7) is 2.34. The zero-order chi connectivity index (χ0) is 18.9. The predicted octanol–water partition coefficient (Wildman–Crippen LogP) is 4.37. The maximum Gasteiger partial charge on any atom is 0.315 e. The molecule has 5 nitrogen and oxygen atoms in total. The van der Waals surface area contributed by atoms with E-state index in [1.807, 2.05) is 6.92 Å². The largest absolute Gasteiger partial charge is 0.425 e. The third kappa shape index (κ3) is 4.07. The third-order valence-corrected chi connectivity index (χ3v) is 8.29. The number of carbonyl (C=O) groups excluding carboxylic acids is 1. The first-order valence-electron chi connectivity index (χ1n) is 8.01. The van der Waals surface area contributed by atoms with Crippen molar-refractivity contribution in [1.82, 2.24) is 4.31 Å². The van der Waals surface area contributed by atoms with Gasteiger partial charge in [0.25, 0.3) is 10.0 Å². The second kappa shape index (κ2) is 7.86.